The number of rotatable bonds is 4. The highest BCUT2D eigenvalue weighted by Gasteiger charge is 2.22. The minimum atomic E-state index is -0.552. The molecule has 2 aromatic carbocycles. The van der Waals surface area contributed by atoms with E-state index in [1.807, 2.05) is 32.9 Å². The number of hydrogen-bond acceptors (Lipinski definition) is 5. The van der Waals surface area contributed by atoms with Crippen molar-refractivity contribution in [3.05, 3.63) is 60.3 Å². The van der Waals surface area contributed by atoms with Gasteiger partial charge in [0.05, 0.1) is 11.7 Å². The second kappa shape index (κ2) is 8.48. The molecule has 1 aliphatic rings. The number of anilines is 1. The summed E-state index contributed by atoms with van der Waals surface area (Å²) in [5, 5.41) is 8.82. The van der Waals surface area contributed by atoms with Crippen molar-refractivity contribution in [1.82, 2.24) is 14.7 Å². The molecule has 6 nitrogen and oxygen atoms in total. The van der Waals surface area contributed by atoms with E-state index >= 15 is 0 Å². The molecule has 1 aromatic heterocycles. The van der Waals surface area contributed by atoms with Crippen LogP contribution in [0, 0.1) is 0 Å². The van der Waals surface area contributed by atoms with Crippen LogP contribution in [0.4, 0.5) is 10.5 Å². The Labute approximate surface area is 177 Å². The van der Waals surface area contributed by atoms with Gasteiger partial charge in [-0.15, -0.1) is 0 Å². The van der Waals surface area contributed by atoms with E-state index in [1.54, 1.807) is 6.20 Å². The highest BCUT2D eigenvalue weighted by Crippen LogP contribution is 2.23. The van der Waals surface area contributed by atoms with Gasteiger partial charge in [-0.05, 0) is 63.9 Å². The molecule has 6 heteroatoms. The number of fused-ring (bicyclic) bond motifs is 1. The molecule has 0 aliphatic carbocycles. The van der Waals surface area contributed by atoms with Crippen molar-refractivity contribution in [2.45, 2.75) is 51.8 Å². The molecule has 2 heterocycles. The molecule has 3 aromatic rings. The van der Waals surface area contributed by atoms with Crippen LogP contribution in [-0.2, 0) is 11.3 Å². The molecule has 1 fully saturated rings. The Bertz CT molecular complexity index is 1010. The SMILES string of the molecule is CC(C)(C)OC(=O)n1ncc2cc(N[C@@H]3CCCN(Cc4ccccc4)C3)ccc21. The number of nitrogens with one attached hydrogen (secondary N) is 1. The molecular formula is C24H30N4O2. The van der Waals surface area contributed by atoms with Crippen molar-refractivity contribution >= 4 is 22.7 Å². The number of piperidine rings is 1. The maximum absolute atomic E-state index is 12.4. The van der Waals surface area contributed by atoms with Gasteiger partial charge in [-0.1, -0.05) is 30.3 Å². The highest BCUT2D eigenvalue weighted by atomic mass is 16.6. The summed E-state index contributed by atoms with van der Waals surface area (Å²) in [6, 6.07) is 17.0. The molecule has 4 rings (SSSR count). The van der Waals surface area contributed by atoms with Gasteiger partial charge in [0.15, 0.2) is 0 Å². The maximum Gasteiger partial charge on any atom is 0.435 e. The van der Waals surface area contributed by atoms with Crippen molar-refractivity contribution in [3.8, 4) is 0 Å². The number of nitrogens with zero attached hydrogens (tertiary/aromatic N) is 3. The summed E-state index contributed by atoms with van der Waals surface area (Å²) < 4.78 is 6.77. The van der Waals surface area contributed by atoms with E-state index in [1.165, 1.54) is 16.7 Å². The molecule has 0 radical (unpaired) electrons. The first-order valence-electron chi connectivity index (χ1n) is 10.6. The van der Waals surface area contributed by atoms with Gasteiger partial charge in [-0.2, -0.15) is 9.78 Å². The molecule has 0 amide bonds. The average Bonchev–Trinajstić information content (AvgIpc) is 3.11. The average molecular weight is 407 g/mol. The highest BCUT2D eigenvalue weighted by molar-refractivity contribution is 5.89. The first-order valence-corrected chi connectivity index (χ1v) is 10.6. The molecule has 1 saturated heterocycles. The molecule has 0 unspecified atom stereocenters. The van der Waals surface area contributed by atoms with E-state index in [2.05, 4.69) is 51.7 Å². The van der Waals surface area contributed by atoms with Gasteiger partial charge >= 0.3 is 6.09 Å². The normalized spacial score (nSPS) is 17.8. The van der Waals surface area contributed by atoms with Crippen molar-refractivity contribution in [1.29, 1.82) is 0 Å². The fraction of sp³-hybridized carbons (Fsp3) is 0.417. The van der Waals surface area contributed by atoms with Crippen LogP contribution in [0.15, 0.2) is 54.7 Å². The molecule has 0 spiro atoms. The van der Waals surface area contributed by atoms with Crippen LogP contribution in [0.5, 0.6) is 0 Å². The first kappa shape index (κ1) is 20.4. The van der Waals surface area contributed by atoms with E-state index < -0.39 is 11.7 Å². The third-order valence-electron chi connectivity index (χ3n) is 5.26. The predicted octanol–water partition coefficient (Wildman–Crippen LogP) is 4.90. The van der Waals surface area contributed by atoms with Gasteiger partial charge in [0.1, 0.15) is 5.60 Å². The van der Waals surface area contributed by atoms with Crippen LogP contribution in [0.1, 0.15) is 39.2 Å². The lowest BCUT2D eigenvalue weighted by Gasteiger charge is -2.33. The number of aromatic nitrogens is 2. The summed E-state index contributed by atoms with van der Waals surface area (Å²) >= 11 is 0. The Morgan fingerprint density at radius 1 is 1.20 bits per heavy atom. The van der Waals surface area contributed by atoms with Gasteiger partial charge in [0.2, 0.25) is 0 Å². The third-order valence-corrected chi connectivity index (χ3v) is 5.26. The lowest BCUT2D eigenvalue weighted by Crippen LogP contribution is -2.41. The summed E-state index contributed by atoms with van der Waals surface area (Å²) in [6.45, 7) is 8.69. The molecule has 158 valence electrons. The zero-order valence-corrected chi connectivity index (χ0v) is 18.0. The summed E-state index contributed by atoms with van der Waals surface area (Å²) in [5.74, 6) is 0. The van der Waals surface area contributed by atoms with Gasteiger partial charge in [-0.3, -0.25) is 4.90 Å². The fourth-order valence-electron chi connectivity index (χ4n) is 3.97. The zero-order chi connectivity index (χ0) is 21.1. The molecule has 30 heavy (non-hydrogen) atoms. The monoisotopic (exact) mass is 406 g/mol. The molecule has 1 atom stereocenters. The van der Waals surface area contributed by atoms with Crippen LogP contribution in [-0.4, -0.2) is 45.5 Å². The summed E-state index contributed by atoms with van der Waals surface area (Å²) in [6.07, 6.45) is 3.60. The topological polar surface area (TPSA) is 59.4 Å². The van der Waals surface area contributed by atoms with Gasteiger partial charge in [-0.25, -0.2) is 4.79 Å². The number of carbonyl (C=O) groups excluding carboxylic acids is 1. The Kier molecular flexibility index (Phi) is 5.77. The minimum Gasteiger partial charge on any atom is -0.442 e. The van der Waals surface area contributed by atoms with E-state index in [9.17, 15) is 4.79 Å². The lowest BCUT2D eigenvalue weighted by molar-refractivity contribution is 0.0522. The van der Waals surface area contributed by atoms with Crippen molar-refractivity contribution < 1.29 is 9.53 Å². The van der Waals surface area contributed by atoms with Crippen LogP contribution < -0.4 is 5.32 Å². The standard InChI is InChI=1S/C24H30N4O2/c1-24(2,3)30-23(29)28-22-12-11-20(14-19(22)15-25-28)26-21-10-7-13-27(17-21)16-18-8-5-4-6-9-18/h4-6,8-9,11-12,14-15,21,26H,7,10,13,16-17H2,1-3H3/t21-/m1/s1. The molecule has 0 bridgehead atoms. The van der Waals surface area contributed by atoms with Crippen LogP contribution in [0.25, 0.3) is 10.9 Å². The number of carbonyl (C=O) groups is 1. The Hall–Kier alpha value is -2.86. The van der Waals surface area contributed by atoms with Gasteiger partial charge in [0, 0.05) is 30.2 Å². The fourth-order valence-corrected chi connectivity index (χ4v) is 3.97. The Morgan fingerprint density at radius 3 is 2.77 bits per heavy atom. The largest absolute Gasteiger partial charge is 0.442 e. The summed E-state index contributed by atoms with van der Waals surface area (Å²) in [5.41, 5.74) is 2.61. The number of ether oxygens (including phenoxy) is 1. The van der Waals surface area contributed by atoms with E-state index in [0.717, 1.165) is 42.6 Å². The van der Waals surface area contributed by atoms with Crippen LogP contribution in [0.2, 0.25) is 0 Å². The Balaban J connectivity index is 1.42. The zero-order valence-electron chi connectivity index (χ0n) is 18.0. The van der Waals surface area contributed by atoms with Crippen molar-refractivity contribution in [3.63, 3.8) is 0 Å². The second-order valence-electron chi connectivity index (χ2n) is 9.01. The summed E-state index contributed by atoms with van der Waals surface area (Å²) in [4.78, 5) is 14.9. The Morgan fingerprint density at radius 2 is 2.00 bits per heavy atom. The van der Waals surface area contributed by atoms with Gasteiger partial charge < -0.3 is 10.1 Å². The van der Waals surface area contributed by atoms with Crippen molar-refractivity contribution in [2.75, 3.05) is 18.4 Å². The van der Waals surface area contributed by atoms with Gasteiger partial charge in [0.25, 0.3) is 0 Å². The minimum absolute atomic E-state index is 0.404. The lowest BCUT2D eigenvalue weighted by atomic mass is 10.0. The summed E-state index contributed by atoms with van der Waals surface area (Å²) in [7, 11) is 0. The number of benzene rings is 2. The van der Waals surface area contributed by atoms with E-state index in [-0.39, 0.29) is 0 Å². The molecule has 0 saturated carbocycles. The van der Waals surface area contributed by atoms with E-state index in [0.29, 0.717) is 6.04 Å². The predicted molar refractivity (Wildman–Crippen MR) is 120 cm³/mol. The van der Waals surface area contributed by atoms with E-state index in [4.69, 9.17) is 4.74 Å². The van der Waals surface area contributed by atoms with Crippen LogP contribution >= 0.6 is 0 Å². The number of hydrogen-bond donors (Lipinski definition) is 1. The smallest absolute Gasteiger partial charge is 0.435 e. The second-order valence-corrected chi connectivity index (χ2v) is 9.01. The maximum atomic E-state index is 12.4. The molecular weight excluding hydrogens is 376 g/mol. The molecule has 1 aliphatic heterocycles. The quantitative estimate of drug-likeness (QED) is 0.668. The first-order chi connectivity index (χ1) is 14.4. The van der Waals surface area contributed by atoms with Crippen molar-refractivity contribution in [2.24, 2.45) is 0 Å². The van der Waals surface area contributed by atoms with Crippen LogP contribution in [0.3, 0.4) is 0 Å². The third kappa shape index (κ3) is 5.00. The molecule has 1 N–H and O–H groups in total. The number of likely N-dealkylation sites (tertiary alicyclic amines) is 1.